The number of nitrogens with zero attached hydrogens (tertiary/aromatic N) is 2. The van der Waals surface area contributed by atoms with Crippen LogP contribution in [0, 0.1) is 13.8 Å². The van der Waals surface area contributed by atoms with Gasteiger partial charge in [-0.05, 0) is 59.8 Å². The van der Waals surface area contributed by atoms with E-state index in [0.29, 0.717) is 0 Å². The summed E-state index contributed by atoms with van der Waals surface area (Å²) in [4.78, 5) is 6.19. The van der Waals surface area contributed by atoms with Gasteiger partial charge in [0.1, 0.15) is 0 Å². The van der Waals surface area contributed by atoms with Crippen molar-refractivity contribution in [1.29, 1.82) is 0 Å². The molecule has 4 heteroatoms. The number of aryl methyl sites for hydroxylation is 2. The van der Waals surface area contributed by atoms with Crippen LogP contribution < -0.4 is 0 Å². The Bertz CT molecular complexity index is 1850. The van der Waals surface area contributed by atoms with Gasteiger partial charge in [-0.1, -0.05) is 50.9 Å². The lowest BCUT2D eigenvalue weighted by Gasteiger charge is -2.16. The van der Waals surface area contributed by atoms with E-state index in [1.165, 1.54) is 70.3 Å². The number of pyridine rings is 2. The largest absolute Gasteiger partial charge is 0.308 e. The van der Waals surface area contributed by atoms with Gasteiger partial charge in [-0.2, -0.15) is 0 Å². The summed E-state index contributed by atoms with van der Waals surface area (Å²) in [6, 6.07) is 22.6. The molecule has 0 fully saturated rings. The second kappa shape index (κ2) is 6.24. The second-order valence-electron chi connectivity index (χ2n) is 8.43. The molecule has 0 saturated carbocycles. The van der Waals surface area contributed by atoms with Crippen molar-refractivity contribution in [1.82, 2.24) is 9.38 Å². The molecule has 0 spiro atoms. The molecule has 7 aromatic rings. The lowest BCUT2D eigenvalue weighted by atomic mass is 9.96. The van der Waals surface area contributed by atoms with E-state index in [1.54, 1.807) is 8.93 Å². The van der Waals surface area contributed by atoms with E-state index in [0.717, 1.165) is 5.52 Å². The van der Waals surface area contributed by atoms with Crippen molar-refractivity contribution in [2.75, 3.05) is 0 Å². The minimum absolute atomic E-state index is 1.10. The maximum atomic E-state index is 4.92. The van der Waals surface area contributed by atoms with Gasteiger partial charge in [-0.25, -0.2) is 0 Å². The van der Waals surface area contributed by atoms with Crippen LogP contribution in [0.4, 0.5) is 0 Å². The summed E-state index contributed by atoms with van der Waals surface area (Å²) in [6.07, 6.45) is 1.95. The van der Waals surface area contributed by atoms with Gasteiger partial charge in [0.25, 0.3) is 0 Å². The molecular formula is C27H17IN2S. The highest BCUT2D eigenvalue weighted by molar-refractivity contribution is 14.2. The van der Waals surface area contributed by atoms with Crippen molar-refractivity contribution in [3.8, 4) is 0 Å². The molecule has 0 amide bonds. The van der Waals surface area contributed by atoms with Crippen molar-refractivity contribution in [3.63, 3.8) is 0 Å². The summed E-state index contributed by atoms with van der Waals surface area (Å²) in [6.45, 7) is 4.42. The molecule has 0 aliphatic carbocycles. The van der Waals surface area contributed by atoms with Crippen LogP contribution >= 0.6 is 30.1 Å². The van der Waals surface area contributed by atoms with Gasteiger partial charge in [0.15, 0.2) is 0 Å². The molecule has 0 N–H and O–H groups in total. The van der Waals surface area contributed by atoms with Crippen LogP contribution in [0.25, 0.3) is 59.8 Å². The van der Waals surface area contributed by atoms with Crippen molar-refractivity contribution in [2.45, 2.75) is 18.7 Å². The first-order chi connectivity index (χ1) is 15.2. The minimum atomic E-state index is 1.10. The predicted molar refractivity (Wildman–Crippen MR) is 143 cm³/mol. The number of hydrogen-bond acceptors (Lipinski definition) is 2. The first-order valence-corrected chi connectivity index (χ1v) is 13.7. The van der Waals surface area contributed by atoms with Crippen LogP contribution in [0.15, 0.2) is 71.8 Å². The number of aromatic nitrogens is 2. The van der Waals surface area contributed by atoms with E-state index in [2.05, 4.69) is 100 Å². The Labute approximate surface area is 195 Å². The Hall–Kier alpha value is -2.57. The smallest absolute Gasteiger partial charge is 0.0823 e. The molecule has 4 aromatic carbocycles. The molecule has 3 heterocycles. The highest BCUT2D eigenvalue weighted by Gasteiger charge is 2.20. The average Bonchev–Trinajstić information content (AvgIpc) is 3.12. The van der Waals surface area contributed by atoms with Crippen LogP contribution in [-0.2, 0) is 0 Å². The summed E-state index contributed by atoms with van der Waals surface area (Å²) < 4.78 is 2.50. The van der Waals surface area contributed by atoms with Gasteiger partial charge >= 0.3 is 0 Å². The van der Waals surface area contributed by atoms with Gasteiger partial charge in [-0.3, -0.25) is 4.98 Å². The molecule has 31 heavy (non-hydrogen) atoms. The Kier molecular flexibility index (Phi) is 3.63. The lowest BCUT2D eigenvalue weighted by molar-refractivity contribution is 1.31. The van der Waals surface area contributed by atoms with E-state index < -0.39 is 0 Å². The first kappa shape index (κ1) is 18.0. The number of halogens is 1. The molecule has 7 rings (SSSR count). The maximum Gasteiger partial charge on any atom is 0.0823 e. The third kappa shape index (κ3) is 2.27. The van der Waals surface area contributed by atoms with Crippen LogP contribution in [0.1, 0.15) is 11.1 Å². The molecule has 0 bridgehead atoms. The summed E-state index contributed by atoms with van der Waals surface area (Å²) in [5.74, 6) is 0. The highest BCUT2D eigenvalue weighted by atomic mass is 127. The van der Waals surface area contributed by atoms with Crippen LogP contribution in [0.2, 0.25) is 0 Å². The zero-order valence-electron chi connectivity index (χ0n) is 17.0. The monoisotopic (exact) mass is 528 g/mol. The zero-order valence-corrected chi connectivity index (χ0v) is 20.0. The molecule has 2 nitrogen and oxygen atoms in total. The molecule has 0 radical (unpaired) electrons. The van der Waals surface area contributed by atoms with Crippen molar-refractivity contribution in [3.05, 3.63) is 78.0 Å². The molecule has 0 aliphatic rings. The fourth-order valence-electron chi connectivity index (χ4n) is 5.40. The number of benzene rings is 4. The maximum absolute atomic E-state index is 4.92. The van der Waals surface area contributed by atoms with Crippen LogP contribution in [0.3, 0.4) is 0 Å². The van der Waals surface area contributed by atoms with E-state index in [4.69, 9.17) is 4.98 Å². The highest BCUT2D eigenvalue weighted by Crippen LogP contribution is 2.43. The molecule has 3 aromatic heterocycles. The minimum Gasteiger partial charge on any atom is -0.308 e. The summed E-state index contributed by atoms with van der Waals surface area (Å²) in [5, 5.41) is 8.94. The summed E-state index contributed by atoms with van der Waals surface area (Å²) in [5.41, 5.74) is 7.52. The van der Waals surface area contributed by atoms with E-state index in [1.807, 2.05) is 6.20 Å². The SMILES string of the molecule is Cc1ccc2c(C)c3c(cc2c1)c1nccc2ccc4c5ccc(SI)cc5n3c4c21. The zero-order chi connectivity index (χ0) is 20.9. The molecule has 148 valence electrons. The molecule has 0 unspecified atom stereocenters. The summed E-state index contributed by atoms with van der Waals surface area (Å²) >= 11 is 2.37. The topological polar surface area (TPSA) is 17.3 Å². The normalized spacial score (nSPS) is 12.5. The van der Waals surface area contributed by atoms with Crippen LogP contribution in [-0.4, -0.2) is 9.38 Å². The van der Waals surface area contributed by atoms with Crippen LogP contribution in [0.5, 0.6) is 0 Å². The Morgan fingerprint density at radius 3 is 2.48 bits per heavy atom. The van der Waals surface area contributed by atoms with E-state index in [9.17, 15) is 0 Å². The molecule has 0 aliphatic heterocycles. The summed E-state index contributed by atoms with van der Waals surface area (Å²) in [7, 11) is 1.77. The quantitative estimate of drug-likeness (QED) is 0.121. The third-order valence-electron chi connectivity index (χ3n) is 6.72. The second-order valence-corrected chi connectivity index (χ2v) is 10.4. The first-order valence-electron chi connectivity index (χ1n) is 10.3. The fourth-order valence-corrected chi connectivity index (χ4v) is 6.49. The van der Waals surface area contributed by atoms with E-state index in [-0.39, 0.29) is 0 Å². The Morgan fingerprint density at radius 2 is 1.61 bits per heavy atom. The van der Waals surface area contributed by atoms with Gasteiger partial charge in [0, 0.05) is 53.8 Å². The Morgan fingerprint density at radius 1 is 0.774 bits per heavy atom. The van der Waals surface area contributed by atoms with Crippen molar-refractivity contribution in [2.24, 2.45) is 0 Å². The third-order valence-corrected chi connectivity index (χ3v) is 8.68. The van der Waals surface area contributed by atoms with Gasteiger partial charge in [0.2, 0.25) is 0 Å². The van der Waals surface area contributed by atoms with Gasteiger partial charge in [-0.15, -0.1) is 0 Å². The van der Waals surface area contributed by atoms with Crippen molar-refractivity contribution >= 4 is 89.9 Å². The lowest BCUT2D eigenvalue weighted by Crippen LogP contribution is -1.97. The van der Waals surface area contributed by atoms with Crippen molar-refractivity contribution < 1.29 is 0 Å². The number of rotatable bonds is 1. The van der Waals surface area contributed by atoms with Gasteiger partial charge in [0.05, 0.1) is 22.1 Å². The van der Waals surface area contributed by atoms with Gasteiger partial charge < -0.3 is 4.40 Å². The fraction of sp³-hybridized carbons (Fsp3) is 0.0741. The average molecular weight is 528 g/mol. The van der Waals surface area contributed by atoms with E-state index >= 15 is 0 Å². The number of fused-ring (bicyclic) bond motifs is 7. The predicted octanol–water partition coefficient (Wildman–Crippen LogP) is 8.60. The molecule has 0 saturated heterocycles. The number of hydrogen-bond donors (Lipinski definition) is 0. The molecule has 0 atom stereocenters. The Balaban J connectivity index is 1.91. The standard InChI is InChI=1S/C27H17IN2S/c1-14-3-6-19-15(2)26-22(12-17(19)11-14)25-24-16(9-10-29-25)4-7-21-20-8-5-18(31-28)13-23(20)30(26)27(21)24/h3-13H,1-2H3. The molecular weight excluding hydrogens is 511 g/mol.